The van der Waals surface area contributed by atoms with E-state index in [-0.39, 0.29) is 0 Å². The van der Waals surface area contributed by atoms with E-state index in [2.05, 4.69) is 24.1 Å². The number of sulfone groups is 1. The van der Waals surface area contributed by atoms with Crippen molar-refractivity contribution >= 4 is 9.84 Å². The van der Waals surface area contributed by atoms with Gasteiger partial charge in [-0.15, -0.1) is 0 Å². The van der Waals surface area contributed by atoms with Crippen molar-refractivity contribution in [2.24, 2.45) is 0 Å². The zero-order valence-corrected chi connectivity index (χ0v) is 12.1. The molecule has 0 spiro atoms. The summed E-state index contributed by atoms with van der Waals surface area (Å²) in [5.41, 5.74) is 0. The van der Waals surface area contributed by atoms with E-state index in [9.17, 15) is 8.42 Å². The molecule has 5 heteroatoms. The molecule has 0 radical (unpaired) electrons. The molecule has 1 heterocycles. The lowest BCUT2D eigenvalue weighted by molar-refractivity contribution is 0.137. The van der Waals surface area contributed by atoms with Crippen LogP contribution in [0.2, 0.25) is 0 Å². The van der Waals surface area contributed by atoms with Crippen LogP contribution in [0.15, 0.2) is 0 Å². The molecule has 17 heavy (non-hydrogen) atoms. The minimum absolute atomic E-state index is 0.308. The van der Waals surface area contributed by atoms with E-state index in [4.69, 9.17) is 0 Å². The molecule has 1 aliphatic heterocycles. The summed E-state index contributed by atoms with van der Waals surface area (Å²) < 4.78 is 22.2. The predicted molar refractivity (Wildman–Crippen MR) is 72.1 cm³/mol. The summed E-state index contributed by atoms with van der Waals surface area (Å²) in [5, 5.41) is 3.55. The van der Waals surface area contributed by atoms with Crippen molar-refractivity contribution in [3.8, 4) is 0 Å². The van der Waals surface area contributed by atoms with E-state index in [0.717, 1.165) is 26.1 Å². The van der Waals surface area contributed by atoms with Crippen molar-refractivity contribution in [1.29, 1.82) is 0 Å². The van der Waals surface area contributed by atoms with Gasteiger partial charge in [-0.1, -0.05) is 13.3 Å². The zero-order valence-electron chi connectivity index (χ0n) is 11.3. The van der Waals surface area contributed by atoms with Gasteiger partial charge in [-0.05, 0) is 26.3 Å². The number of nitrogens with one attached hydrogen (secondary N) is 1. The summed E-state index contributed by atoms with van der Waals surface area (Å²) in [4.78, 5) is 2.42. The molecule has 1 rings (SSSR count). The second-order valence-electron chi connectivity index (χ2n) is 5.22. The summed E-state index contributed by atoms with van der Waals surface area (Å²) >= 11 is 0. The maximum atomic E-state index is 11.1. The molecule has 0 aromatic rings. The first-order valence-electron chi connectivity index (χ1n) is 6.57. The molecule has 1 fully saturated rings. The summed E-state index contributed by atoms with van der Waals surface area (Å²) in [5.74, 6) is 0.308. The van der Waals surface area contributed by atoms with Crippen molar-refractivity contribution in [2.45, 2.75) is 45.2 Å². The van der Waals surface area contributed by atoms with E-state index >= 15 is 0 Å². The fraction of sp³-hybridized carbons (Fsp3) is 1.00. The van der Waals surface area contributed by atoms with E-state index in [1.807, 2.05) is 0 Å². The van der Waals surface area contributed by atoms with Gasteiger partial charge in [0, 0.05) is 31.4 Å². The Morgan fingerprint density at radius 3 is 2.71 bits per heavy atom. The minimum atomic E-state index is -2.81. The van der Waals surface area contributed by atoms with Gasteiger partial charge in [0.1, 0.15) is 9.84 Å². The van der Waals surface area contributed by atoms with Gasteiger partial charge in [-0.3, -0.25) is 4.90 Å². The Morgan fingerprint density at radius 2 is 2.12 bits per heavy atom. The lowest BCUT2D eigenvalue weighted by atomic mass is 10.1. The molecule has 102 valence electrons. The molecular formula is C12H26N2O2S. The average molecular weight is 262 g/mol. The first-order valence-corrected chi connectivity index (χ1v) is 8.63. The van der Waals surface area contributed by atoms with Gasteiger partial charge in [-0.25, -0.2) is 8.42 Å². The first-order chi connectivity index (χ1) is 7.92. The number of piperazine rings is 1. The predicted octanol–water partition coefficient (Wildman–Crippen LogP) is 0.884. The van der Waals surface area contributed by atoms with Gasteiger partial charge >= 0.3 is 0 Å². The Bertz CT molecular complexity index is 316. The number of hydrogen-bond donors (Lipinski definition) is 1. The lowest BCUT2D eigenvalue weighted by Crippen LogP contribution is -2.55. The monoisotopic (exact) mass is 262 g/mol. The van der Waals surface area contributed by atoms with Crippen LogP contribution in [0.5, 0.6) is 0 Å². The van der Waals surface area contributed by atoms with Crippen LogP contribution < -0.4 is 5.32 Å². The van der Waals surface area contributed by atoms with Crippen LogP contribution in [-0.4, -0.2) is 57.0 Å². The quantitative estimate of drug-likeness (QED) is 0.772. The molecule has 0 aromatic heterocycles. The van der Waals surface area contributed by atoms with E-state index < -0.39 is 9.84 Å². The van der Waals surface area contributed by atoms with E-state index in [1.54, 1.807) is 0 Å². The fourth-order valence-corrected chi connectivity index (χ4v) is 3.03. The summed E-state index contributed by atoms with van der Waals surface area (Å²) in [6, 6.07) is 1.09. The number of hydrogen-bond acceptors (Lipinski definition) is 4. The average Bonchev–Trinajstić information content (AvgIpc) is 2.21. The number of rotatable bonds is 6. The molecule has 1 aliphatic rings. The van der Waals surface area contributed by atoms with Crippen LogP contribution >= 0.6 is 0 Å². The lowest BCUT2D eigenvalue weighted by Gasteiger charge is -2.38. The minimum Gasteiger partial charge on any atom is -0.311 e. The Kier molecular flexibility index (Phi) is 5.89. The topological polar surface area (TPSA) is 49.4 Å². The number of nitrogens with zero attached hydrogens (tertiary/aromatic N) is 1. The SMILES string of the molecule is CCCC1CN(CCCS(C)(=O)=O)C(C)CN1. The maximum Gasteiger partial charge on any atom is 0.147 e. The maximum absolute atomic E-state index is 11.1. The summed E-state index contributed by atoms with van der Waals surface area (Å²) in [6.07, 6.45) is 4.47. The van der Waals surface area contributed by atoms with Crippen LogP contribution in [-0.2, 0) is 9.84 Å². The van der Waals surface area contributed by atoms with Crippen LogP contribution in [0.1, 0.15) is 33.1 Å². The highest BCUT2D eigenvalue weighted by Crippen LogP contribution is 2.11. The van der Waals surface area contributed by atoms with E-state index in [1.165, 1.54) is 19.1 Å². The Balaban J connectivity index is 2.34. The van der Waals surface area contributed by atoms with Gasteiger partial charge < -0.3 is 5.32 Å². The van der Waals surface area contributed by atoms with Crippen LogP contribution in [0.25, 0.3) is 0 Å². The molecule has 0 amide bonds. The van der Waals surface area contributed by atoms with Crippen molar-refractivity contribution in [3.63, 3.8) is 0 Å². The smallest absolute Gasteiger partial charge is 0.147 e. The molecule has 2 atom stereocenters. The van der Waals surface area contributed by atoms with Crippen LogP contribution in [0, 0.1) is 0 Å². The molecule has 1 saturated heterocycles. The molecular weight excluding hydrogens is 236 g/mol. The Morgan fingerprint density at radius 1 is 1.41 bits per heavy atom. The summed E-state index contributed by atoms with van der Waals surface area (Å²) in [7, 11) is -2.81. The molecule has 0 aliphatic carbocycles. The highest BCUT2D eigenvalue weighted by Gasteiger charge is 2.23. The molecule has 0 saturated carbocycles. The molecule has 0 aromatic carbocycles. The van der Waals surface area contributed by atoms with Gasteiger partial charge in [0.15, 0.2) is 0 Å². The van der Waals surface area contributed by atoms with Crippen molar-refractivity contribution < 1.29 is 8.42 Å². The van der Waals surface area contributed by atoms with Gasteiger partial charge in [0.2, 0.25) is 0 Å². The van der Waals surface area contributed by atoms with Gasteiger partial charge in [0.25, 0.3) is 0 Å². The molecule has 2 unspecified atom stereocenters. The largest absolute Gasteiger partial charge is 0.311 e. The Labute approximate surface area is 106 Å². The van der Waals surface area contributed by atoms with Gasteiger partial charge in [-0.2, -0.15) is 0 Å². The zero-order chi connectivity index (χ0) is 12.9. The second kappa shape index (κ2) is 6.71. The highest BCUT2D eigenvalue weighted by atomic mass is 32.2. The summed E-state index contributed by atoms with van der Waals surface area (Å²) in [6.45, 7) is 7.38. The molecule has 4 nitrogen and oxygen atoms in total. The van der Waals surface area contributed by atoms with Gasteiger partial charge in [0.05, 0.1) is 5.75 Å². The fourth-order valence-electron chi connectivity index (χ4n) is 2.38. The standard InChI is InChI=1S/C12H26N2O2S/c1-4-6-12-10-14(11(2)9-13-12)7-5-8-17(3,15)16/h11-13H,4-10H2,1-3H3. The van der Waals surface area contributed by atoms with Crippen molar-refractivity contribution in [3.05, 3.63) is 0 Å². The van der Waals surface area contributed by atoms with Crippen LogP contribution in [0.3, 0.4) is 0 Å². The third kappa shape index (κ3) is 5.84. The molecule has 1 N–H and O–H groups in total. The van der Waals surface area contributed by atoms with Crippen molar-refractivity contribution in [2.75, 3.05) is 31.6 Å². The van der Waals surface area contributed by atoms with E-state index in [0.29, 0.717) is 17.8 Å². The third-order valence-corrected chi connectivity index (χ3v) is 4.41. The third-order valence-electron chi connectivity index (χ3n) is 3.38. The van der Waals surface area contributed by atoms with Crippen molar-refractivity contribution in [1.82, 2.24) is 10.2 Å². The second-order valence-corrected chi connectivity index (χ2v) is 7.48. The first kappa shape index (κ1) is 14.9. The highest BCUT2D eigenvalue weighted by molar-refractivity contribution is 7.90. The van der Waals surface area contributed by atoms with Crippen LogP contribution in [0.4, 0.5) is 0 Å². The molecule has 0 bridgehead atoms. The normalized spacial score (nSPS) is 27.2. The Hall–Kier alpha value is -0.130.